The van der Waals surface area contributed by atoms with Crippen LogP contribution < -0.4 is 5.32 Å². The van der Waals surface area contributed by atoms with Crippen molar-refractivity contribution in [3.8, 4) is 0 Å². The number of pyridine rings is 1. The van der Waals surface area contributed by atoms with E-state index in [0.29, 0.717) is 11.2 Å². The highest BCUT2D eigenvalue weighted by Crippen LogP contribution is 2.40. The first-order valence-electron chi connectivity index (χ1n) is 8.63. The highest BCUT2D eigenvalue weighted by molar-refractivity contribution is 6.31. The standard InChI is InChI=1S/C18H27ClN2/c1-13-11-17(18(19)20-12-13)21-16-10-6-5-9-15(16)14-7-3-2-4-8-14/h11-12,14-16,21H,2-10H2,1H3. The summed E-state index contributed by atoms with van der Waals surface area (Å²) in [5, 5.41) is 4.36. The predicted octanol–water partition coefficient (Wildman–Crippen LogP) is 5.59. The van der Waals surface area contributed by atoms with E-state index in [-0.39, 0.29) is 0 Å². The number of aryl methyl sites for hydroxylation is 1. The van der Waals surface area contributed by atoms with Crippen molar-refractivity contribution in [3.05, 3.63) is 23.0 Å². The molecule has 0 aromatic carbocycles. The Kier molecular flexibility index (Phi) is 5.05. The van der Waals surface area contributed by atoms with Crippen molar-refractivity contribution >= 4 is 17.3 Å². The lowest BCUT2D eigenvalue weighted by molar-refractivity contribution is 0.180. The second-order valence-electron chi connectivity index (χ2n) is 6.95. The van der Waals surface area contributed by atoms with E-state index in [1.807, 2.05) is 6.20 Å². The maximum atomic E-state index is 6.28. The number of anilines is 1. The van der Waals surface area contributed by atoms with Gasteiger partial charge in [0.15, 0.2) is 5.15 Å². The van der Waals surface area contributed by atoms with E-state index < -0.39 is 0 Å². The average molecular weight is 307 g/mol. The van der Waals surface area contributed by atoms with E-state index >= 15 is 0 Å². The van der Waals surface area contributed by atoms with E-state index in [9.17, 15) is 0 Å². The largest absolute Gasteiger partial charge is 0.380 e. The number of nitrogens with zero attached hydrogens (tertiary/aromatic N) is 1. The molecule has 3 rings (SSSR count). The van der Waals surface area contributed by atoms with Gasteiger partial charge in [0.1, 0.15) is 0 Å². The van der Waals surface area contributed by atoms with Gasteiger partial charge in [-0.1, -0.05) is 56.5 Å². The van der Waals surface area contributed by atoms with Gasteiger partial charge in [-0.25, -0.2) is 4.98 Å². The van der Waals surface area contributed by atoms with E-state index in [2.05, 4.69) is 23.3 Å². The van der Waals surface area contributed by atoms with Crippen LogP contribution in [0.1, 0.15) is 63.4 Å². The van der Waals surface area contributed by atoms with Crippen molar-refractivity contribution < 1.29 is 0 Å². The lowest BCUT2D eigenvalue weighted by Crippen LogP contribution is -2.37. The van der Waals surface area contributed by atoms with Crippen LogP contribution >= 0.6 is 11.6 Å². The summed E-state index contributed by atoms with van der Waals surface area (Å²) < 4.78 is 0. The maximum absolute atomic E-state index is 6.28. The Hall–Kier alpha value is -0.760. The van der Waals surface area contributed by atoms with Crippen LogP contribution in [0.2, 0.25) is 5.15 Å². The number of aromatic nitrogens is 1. The number of hydrogen-bond acceptors (Lipinski definition) is 2. The summed E-state index contributed by atoms with van der Waals surface area (Å²) in [6, 6.07) is 2.73. The molecule has 1 aromatic heterocycles. The molecule has 3 heteroatoms. The Labute approximate surface area is 133 Å². The fourth-order valence-corrected chi connectivity index (χ4v) is 4.48. The van der Waals surface area contributed by atoms with Gasteiger partial charge in [0.25, 0.3) is 0 Å². The molecule has 116 valence electrons. The zero-order chi connectivity index (χ0) is 14.7. The molecule has 2 aliphatic rings. The number of rotatable bonds is 3. The third-order valence-corrected chi connectivity index (χ3v) is 5.69. The van der Waals surface area contributed by atoms with Crippen molar-refractivity contribution in [3.63, 3.8) is 0 Å². The highest BCUT2D eigenvalue weighted by Gasteiger charge is 2.32. The molecule has 2 fully saturated rings. The van der Waals surface area contributed by atoms with Gasteiger partial charge in [0.2, 0.25) is 0 Å². The molecule has 2 atom stereocenters. The van der Waals surface area contributed by atoms with Crippen molar-refractivity contribution in [2.75, 3.05) is 5.32 Å². The smallest absolute Gasteiger partial charge is 0.152 e. The minimum Gasteiger partial charge on any atom is -0.380 e. The predicted molar refractivity (Wildman–Crippen MR) is 89.9 cm³/mol. The Balaban J connectivity index is 1.73. The maximum Gasteiger partial charge on any atom is 0.152 e. The minimum atomic E-state index is 0.586. The third-order valence-electron chi connectivity index (χ3n) is 5.39. The normalized spacial score (nSPS) is 27.5. The average Bonchev–Trinajstić information content (AvgIpc) is 2.52. The van der Waals surface area contributed by atoms with Crippen LogP contribution in [0.25, 0.3) is 0 Å². The Morgan fingerprint density at radius 3 is 2.57 bits per heavy atom. The lowest BCUT2D eigenvalue weighted by Gasteiger charge is -2.40. The van der Waals surface area contributed by atoms with Gasteiger partial charge < -0.3 is 5.32 Å². The van der Waals surface area contributed by atoms with Gasteiger partial charge in [0.05, 0.1) is 5.69 Å². The lowest BCUT2D eigenvalue weighted by atomic mass is 9.71. The summed E-state index contributed by atoms with van der Waals surface area (Å²) in [6.45, 7) is 2.08. The SMILES string of the molecule is Cc1cnc(Cl)c(NC2CCCCC2C2CCCCC2)c1. The molecular weight excluding hydrogens is 280 g/mol. The van der Waals surface area contributed by atoms with Crippen molar-refractivity contribution in [2.45, 2.75) is 70.8 Å². The summed E-state index contributed by atoms with van der Waals surface area (Å²) in [7, 11) is 0. The Bertz CT molecular complexity index is 468. The van der Waals surface area contributed by atoms with Crippen LogP contribution in [0.4, 0.5) is 5.69 Å². The van der Waals surface area contributed by atoms with E-state index in [4.69, 9.17) is 11.6 Å². The van der Waals surface area contributed by atoms with Crippen LogP contribution in [0.5, 0.6) is 0 Å². The molecule has 2 nitrogen and oxygen atoms in total. The minimum absolute atomic E-state index is 0.586. The summed E-state index contributed by atoms with van der Waals surface area (Å²) in [5.74, 6) is 1.75. The Morgan fingerprint density at radius 2 is 1.76 bits per heavy atom. The van der Waals surface area contributed by atoms with Crippen LogP contribution in [0, 0.1) is 18.8 Å². The van der Waals surface area contributed by atoms with Crippen LogP contribution in [-0.2, 0) is 0 Å². The quantitative estimate of drug-likeness (QED) is 0.736. The first-order chi connectivity index (χ1) is 10.2. The first-order valence-corrected chi connectivity index (χ1v) is 9.00. The van der Waals surface area contributed by atoms with Gasteiger partial charge in [-0.2, -0.15) is 0 Å². The summed E-state index contributed by atoms with van der Waals surface area (Å²) in [6.07, 6.45) is 14.4. The molecule has 0 bridgehead atoms. The molecular formula is C18H27ClN2. The second-order valence-corrected chi connectivity index (χ2v) is 7.31. The van der Waals surface area contributed by atoms with Crippen molar-refractivity contribution in [2.24, 2.45) is 11.8 Å². The molecule has 0 radical (unpaired) electrons. The molecule has 2 saturated carbocycles. The molecule has 0 amide bonds. The van der Waals surface area contributed by atoms with E-state index in [1.165, 1.54) is 63.4 Å². The van der Waals surface area contributed by atoms with Crippen LogP contribution in [-0.4, -0.2) is 11.0 Å². The third kappa shape index (κ3) is 3.71. The molecule has 0 saturated heterocycles. The topological polar surface area (TPSA) is 24.9 Å². The Morgan fingerprint density at radius 1 is 1.05 bits per heavy atom. The van der Waals surface area contributed by atoms with Crippen molar-refractivity contribution in [1.29, 1.82) is 0 Å². The molecule has 2 unspecified atom stereocenters. The fourth-order valence-electron chi connectivity index (χ4n) is 4.32. The van der Waals surface area contributed by atoms with Gasteiger partial charge >= 0.3 is 0 Å². The molecule has 0 aliphatic heterocycles. The fraction of sp³-hybridized carbons (Fsp3) is 0.722. The summed E-state index contributed by atoms with van der Waals surface area (Å²) >= 11 is 6.28. The number of nitrogens with one attached hydrogen (secondary N) is 1. The monoisotopic (exact) mass is 306 g/mol. The van der Waals surface area contributed by atoms with Crippen LogP contribution in [0.3, 0.4) is 0 Å². The summed E-state index contributed by atoms with van der Waals surface area (Å²) in [5.41, 5.74) is 2.20. The van der Waals surface area contributed by atoms with E-state index in [0.717, 1.165) is 17.5 Å². The molecule has 0 spiro atoms. The number of hydrogen-bond donors (Lipinski definition) is 1. The second kappa shape index (κ2) is 7.00. The zero-order valence-electron chi connectivity index (χ0n) is 13.1. The van der Waals surface area contributed by atoms with Crippen molar-refractivity contribution in [1.82, 2.24) is 4.98 Å². The van der Waals surface area contributed by atoms with Gasteiger partial charge in [0, 0.05) is 12.2 Å². The molecule has 1 aromatic rings. The summed E-state index contributed by atoms with van der Waals surface area (Å²) in [4.78, 5) is 4.28. The van der Waals surface area contributed by atoms with Gasteiger partial charge in [-0.3, -0.25) is 0 Å². The first kappa shape index (κ1) is 15.1. The molecule has 21 heavy (non-hydrogen) atoms. The number of halogens is 1. The molecule has 2 aliphatic carbocycles. The zero-order valence-corrected chi connectivity index (χ0v) is 13.8. The van der Waals surface area contributed by atoms with Gasteiger partial charge in [-0.05, 0) is 43.2 Å². The highest BCUT2D eigenvalue weighted by atomic mass is 35.5. The van der Waals surface area contributed by atoms with Crippen LogP contribution in [0.15, 0.2) is 12.3 Å². The van der Waals surface area contributed by atoms with E-state index in [1.54, 1.807) is 0 Å². The van der Waals surface area contributed by atoms with Gasteiger partial charge in [-0.15, -0.1) is 0 Å². The molecule has 1 N–H and O–H groups in total. The molecule has 1 heterocycles.